The molecule has 3 heteroatoms. The third-order valence-corrected chi connectivity index (χ3v) is 2.35. The van der Waals surface area contributed by atoms with Crippen LogP contribution in [0.15, 0.2) is 0 Å². The molecule has 0 radical (unpaired) electrons. The second kappa shape index (κ2) is 7.13. The monoisotopic (exact) mass is 202 g/mol. The highest BCUT2D eigenvalue weighted by molar-refractivity contribution is 7.80. The molecular formula is C10H22N2S. The van der Waals surface area contributed by atoms with Crippen molar-refractivity contribution in [2.75, 3.05) is 7.05 Å². The van der Waals surface area contributed by atoms with Crippen LogP contribution in [-0.4, -0.2) is 18.2 Å². The Morgan fingerprint density at radius 3 is 2.31 bits per heavy atom. The molecule has 0 aliphatic rings. The summed E-state index contributed by atoms with van der Waals surface area (Å²) >= 11 is 5.01. The van der Waals surface area contributed by atoms with E-state index in [1.807, 2.05) is 7.05 Å². The van der Waals surface area contributed by atoms with Gasteiger partial charge in [-0.25, -0.2) is 0 Å². The predicted molar refractivity (Wildman–Crippen MR) is 62.9 cm³/mol. The van der Waals surface area contributed by atoms with Crippen molar-refractivity contribution in [1.82, 2.24) is 10.6 Å². The molecule has 0 saturated heterocycles. The number of thiocarbonyl (C=S) groups is 1. The molecule has 78 valence electrons. The van der Waals surface area contributed by atoms with E-state index in [2.05, 4.69) is 31.4 Å². The van der Waals surface area contributed by atoms with E-state index in [0.717, 1.165) is 11.0 Å². The number of nitrogens with one attached hydrogen (secondary N) is 2. The van der Waals surface area contributed by atoms with E-state index in [-0.39, 0.29) is 0 Å². The van der Waals surface area contributed by atoms with Gasteiger partial charge in [-0.15, -0.1) is 0 Å². The Morgan fingerprint density at radius 2 is 1.85 bits per heavy atom. The molecule has 0 fully saturated rings. The van der Waals surface area contributed by atoms with Gasteiger partial charge in [-0.2, -0.15) is 0 Å². The van der Waals surface area contributed by atoms with Gasteiger partial charge in [0.2, 0.25) is 0 Å². The first kappa shape index (κ1) is 12.7. The number of rotatable bonds is 5. The lowest BCUT2D eigenvalue weighted by molar-refractivity contribution is 0.494. The van der Waals surface area contributed by atoms with Gasteiger partial charge in [0.15, 0.2) is 5.11 Å². The van der Waals surface area contributed by atoms with Crippen LogP contribution in [-0.2, 0) is 0 Å². The Hall–Kier alpha value is -0.310. The molecular weight excluding hydrogens is 180 g/mol. The molecule has 2 nitrogen and oxygen atoms in total. The normalized spacial score (nSPS) is 12.7. The van der Waals surface area contributed by atoms with Gasteiger partial charge in [0.25, 0.3) is 0 Å². The van der Waals surface area contributed by atoms with Crippen LogP contribution in [0.5, 0.6) is 0 Å². The van der Waals surface area contributed by atoms with Gasteiger partial charge in [-0.1, -0.05) is 26.7 Å². The van der Waals surface area contributed by atoms with E-state index in [1.54, 1.807) is 0 Å². The van der Waals surface area contributed by atoms with Crippen molar-refractivity contribution >= 4 is 17.3 Å². The smallest absolute Gasteiger partial charge is 0.166 e. The first-order valence-electron chi connectivity index (χ1n) is 5.04. The van der Waals surface area contributed by atoms with Gasteiger partial charge in [-0.3, -0.25) is 0 Å². The molecule has 0 heterocycles. The Bertz CT molecular complexity index is 146. The fourth-order valence-corrected chi connectivity index (χ4v) is 1.40. The highest BCUT2D eigenvalue weighted by Crippen LogP contribution is 2.07. The minimum Gasteiger partial charge on any atom is -0.366 e. The maximum Gasteiger partial charge on any atom is 0.166 e. The summed E-state index contributed by atoms with van der Waals surface area (Å²) in [5.74, 6) is 0.809. The van der Waals surface area contributed by atoms with E-state index in [4.69, 9.17) is 12.2 Å². The lowest BCUT2D eigenvalue weighted by Crippen LogP contribution is -2.38. The van der Waals surface area contributed by atoms with Crippen LogP contribution in [0.2, 0.25) is 0 Å². The Balaban J connectivity index is 3.40. The maximum absolute atomic E-state index is 5.01. The average Bonchev–Trinajstić information content (AvgIpc) is 2.03. The molecule has 0 saturated carbocycles. The zero-order chi connectivity index (χ0) is 10.3. The van der Waals surface area contributed by atoms with Crippen molar-refractivity contribution in [1.29, 1.82) is 0 Å². The summed E-state index contributed by atoms with van der Waals surface area (Å²) in [5, 5.41) is 6.89. The summed E-state index contributed by atoms with van der Waals surface area (Å²) in [7, 11) is 1.84. The summed E-state index contributed by atoms with van der Waals surface area (Å²) in [5.41, 5.74) is 0. The number of hydrogen-bond donors (Lipinski definition) is 2. The molecule has 2 N–H and O–H groups in total. The maximum atomic E-state index is 5.01. The van der Waals surface area contributed by atoms with Crippen molar-refractivity contribution < 1.29 is 0 Å². The zero-order valence-electron chi connectivity index (χ0n) is 9.18. The molecule has 0 bridgehead atoms. The second-order valence-corrected chi connectivity index (χ2v) is 4.36. The molecule has 0 aromatic rings. The Morgan fingerprint density at radius 1 is 1.23 bits per heavy atom. The fourth-order valence-electron chi connectivity index (χ4n) is 1.20. The van der Waals surface area contributed by atoms with Crippen LogP contribution in [0.4, 0.5) is 0 Å². The topological polar surface area (TPSA) is 24.1 Å². The summed E-state index contributed by atoms with van der Waals surface area (Å²) in [6, 6.07) is 0.485. The molecule has 0 aliphatic heterocycles. The summed E-state index contributed by atoms with van der Waals surface area (Å²) in [4.78, 5) is 0. The summed E-state index contributed by atoms with van der Waals surface area (Å²) in [6.07, 6.45) is 3.77. The minimum atomic E-state index is 0.485. The highest BCUT2D eigenvalue weighted by Gasteiger charge is 2.02. The standard InChI is InChI=1S/C10H22N2S/c1-8(2)6-5-7-9(3)12-10(13)11-4/h8-9H,5-7H2,1-4H3,(H2,11,12,13). The van der Waals surface area contributed by atoms with E-state index < -0.39 is 0 Å². The van der Waals surface area contributed by atoms with E-state index >= 15 is 0 Å². The van der Waals surface area contributed by atoms with E-state index in [1.165, 1.54) is 19.3 Å². The lowest BCUT2D eigenvalue weighted by Gasteiger charge is -2.15. The van der Waals surface area contributed by atoms with Crippen molar-refractivity contribution in [3.8, 4) is 0 Å². The predicted octanol–water partition coefficient (Wildman–Crippen LogP) is 2.30. The Labute approximate surface area is 87.5 Å². The first-order valence-corrected chi connectivity index (χ1v) is 5.45. The molecule has 0 aromatic carbocycles. The fraction of sp³-hybridized carbons (Fsp3) is 0.900. The minimum absolute atomic E-state index is 0.485. The van der Waals surface area contributed by atoms with Crippen LogP contribution in [0.25, 0.3) is 0 Å². The SMILES string of the molecule is CNC(=S)NC(C)CCCC(C)C. The molecule has 0 amide bonds. The van der Waals surface area contributed by atoms with Crippen LogP contribution >= 0.6 is 12.2 Å². The van der Waals surface area contributed by atoms with Crippen molar-refractivity contribution in [3.63, 3.8) is 0 Å². The van der Waals surface area contributed by atoms with Gasteiger partial charge < -0.3 is 10.6 Å². The third-order valence-electron chi connectivity index (χ3n) is 2.02. The van der Waals surface area contributed by atoms with Crippen molar-refractivity contribution in [2.24, 2.45) is 5.92 Å². The van der Waals surface area contributed by atoms with Crippen LogP contribution in [0.3, 0.4) is 0 Å². The van der Waals surface area contributed by atoms with Gasteiger partial charge >= 0.3 is 0 Å². The van der Waals surface area contributed by atoms with E-state index in [9.17, 15) is 0 Å². The Kier molecular flexibility index (Phi) is 6.96. The van der Waals surface area contributed by atoms with Crippen molar-refractivity contribution in [3.05, 3.63) is 0 Å². The number of hydrogen-bond acceptors (Lipinski definition) is 1. The quantitative estimate of drug-likeness (QED) is 0.669. The van der Waals surface area contributed by atoms with Crippen LogP contribution in [0.1, 0.15) is 40.0 Å². The molecule has 13 heavy (non-hydrogen) atoms. The average molecular weight is 202 g/mol. The highest BCUT2D eigenvalue weighted by atomic mass is 32.1. The zero-order valence-corrected chi connectivity index (χ0v) is 10.0. The molecule has 0 aromatic heterocycles. The van der Waals surface area contributed by atoms with Crippen molar-refractivity contribution in [2.45, 2.75) is 46.1 Å². The largest absolute Gasteiger partial charge is 0.366 e. The van der Waals surface area contributed by atoms with Gasteiger partial charge in [0.05, 0.1) is 0 Å². The second-order valence-electron chi connectivity index (χ2n) is 3.95. The first-order chi connectivity index (χ1) is 6.06. The molecule has 1 atom stereocenters. The van der Waals surface area contributed by atoms with Crippen LogP contribution in [0, 0.1) is 5.92 Å². The van der Waals surface area contributed by atoms with Crippen LogP contribution < -0.4 is 10.6 Å². The molecule has 0 rings (SSSR count). The van der Waals surface area contributed by atoms with Gasteiger partial charge in [0, 0.05) is 13.1 Å². The summed E-state index contributed by atoms with van der Waals surface area (Å²) in [6.45, 7) is 6.69. The summed E-state index contributed by atoms with van der Waals surface area (Å²) < 4.78 is 0. The third kappa shape index (κ3) is 8.03. The lowest BCUT2D eigenvalue weighted by atomic mass is 10.0. The molecule has 1 unspecified atom stereocenters. The van der Waals surface area contributed by atoms with Gasteiger partial charge in [-0.05, 0) is 31.5 Å². The van der Waals surface area contributed by atoms with E-state index in [0.29, 0.717) is 6.04 Å². The van der Waals surface area contributed by atoms with Gasteiger partial charge in [0.1, 0.15) is 0 Å². The molecule has 0 aliphatic carbocycles. The molecule has 0 spiro atoms.